The molecule has 0 aliphatic carbocycles. The molecule has 0 radical (unpaired) electrons. The Morgan fingerprint density at radius 2 is 0.845 bits per heavy atom. The molecular weight excluding hydrogens is 703 g/mol. The third-order valence-corrected chi connectivity index (χ3v) is 11.5. The summed E-state index contributed by atoms with van der Waals surface area (Å²) in [6, 6.07) is 80.8. The highest BCUT2D eigenvalue weighted by atomic mass is 16.3. The predicted octanol–water partition coefficient (Wildman–Crippen LogP) is 16.0. The van der Waals surface area contributed by atoms with Crippen molar-refractivity contribution in [3.8, 4) is 44.5 Å². The quantitative estimate of drug-likeness (QED) is 0.162. The highest BCUT2D eigenvalue weighted by Crippen LogP contribution is 2.48. The van der Waals surface area contributed by atoms with Crippen LogP contribution in [-0.4, -0.2) is 0 Å². The predicted molar refractivity (Wildman–Crippen MR) is 245 cm³/mol. The molecule has 11 rings (SSSR count). The fourth-order valence-corrected chi connectivity index (χ4v) is 8.56. The lowest BCUT2D eigenvalue weighted by Crippen LogP contribution is -2.12. The molecule has 2 nitrogen and oxygen atoms in total. The Labute approximate surface area is 337 Å². The van der Waals surface area contributed by atoms with E-state index in [9.17, 15) is 0 Å². The van der Waals surface area contributed by atoms with Gasteiger partial charge in [-0.15, -0.1) is 0 Å². The van der Waals surface area contributed by atoms with Crippen molar-refractivity contribution in [3.05, 3.63) is 224 Å². The van der Waals surface area contributed by atoms with Gasteiger partial charge in [-0.05, 0) is 91.8 Å². The van der Waals surface area contributed by atoms with Crippen LogP contribution in [-0.2, 0) is 0 Å². The third kappa shape index (κ3) is 5.91. The number of benzene rings is 10. The van der Waals surface area contributed by atoms with Gasteiger partial charge in [0, 0.05) is 33.2 Å². The van der Waals surface area contributed by atoms with Crippen LogP contribution in [0.1, 0.15) is 0 Å². The molecule has 0 amide bonds. The van der Waals surface area contributed by atoms with Crippen LogP contribution in [0.25, 0.3) is 88.0 Å². The molecule has 1 heterocycles. The molecule has 0 aliphatic heterocycles. The van der Waals surface area contributed by atoms with Crippen molar-refractivity contribution < 1.29 is 4.42 Å². The van der Waals surface area contributed by atoms with Gasteiger partial charge in [-0.1, -0.05) is 182 Å². The molecule has 0 saturated heterocycles. The maximum atomic E-state index is 6.67. The molecule has 0 bridgehead atoms. The molecule has 10 aromatic carbocycles. The molecule has 272 valence electrons. The summed E-state index contributed by atoms with van der Waals surface area (Å²) in [6.45, 7) is 0. The van der Waals surface area contributed by atoms with E-state index in [1.807, 2.05) is 6.07 Å². The largest absolute Gasteiger partial charge is 0.455 e. The van der Waals surface area contributed by atoms with E-state index in [0.717, 1.165) is 66.8 Å². The SMILES string of the molecule is c1ccc(-c2ccc(-c3ccc4ccccc4c3)cc2N(c2ccc(-c3ccc4ccccc4c3)cc2)c2ccccc2-c2cccc3c2oc2ccccc23)cc1. The van der Waals surface area contributed by atoms with Gasteiger partial charge >= 0.3 is 0 Å². The van der Waals surface area contributed by atoms with Gasteiger partial charge in [0.15, 0.2) is 0 Å². The molecule has 11 aromatic rings. The fraction of sp³-hybridized carbons (Fsp3) is 0. The van der Waals surface area contributed by atoms with Crippen LogP contribution in [0.15, 0.2) is 229 Å². The van der Waals surface area contributed by atoms with Gasteiger partial charge in [0.25, 0.3) is 0 Å². The number of nitrogens with zero attached hydrogens (tertiary/aromatic N) is 1. The second kappa shape index (κ2) is 14.1. The lowest BCUT2D eigenvalue weighted by atomic mass is 9.94. The van der Waals surface area contributed by atoms with E-state index in [1.54, 1.807) is 0 Å². The Balaban J connectivity index is 1.15. The minimum Gasteiger partial charge on any atom is -0.455 e. The molecule has 0 atom stereocenters. The monoisotopic (exact) mass is 739 g/mol. The number of para-hydroxylation sites is 3. The van der Waals surface area contributed by atoms with Crippen molar-refractivity contribution >= 4 is 60.5 Å². The number of rotatable bonds is 7. The molecule has 1 aromatic heterocycles. The minimum atomic E-state index is 0.885. The Morgan fingerprint density at radius 3 is 1.60 bits per heavy atom. The molecule has 0 fully saturated rings. The summed E-state index contributed by atoms with van der Waals surface area (Å²) in [6.07, 6.45) is 0. The Bertz CT molecular complexity index is 3290. The zero-order chi connectivity index (χ0) is 38.4. The van der Waals surface area contributed by atoms with E-state index in [-0.39, 0.29) is 0 Å². The van der Waals surface area contributed by atoms with Crippen LogP contribution in [0.2, 0.25) is 0 Å². The molecule has 58 heavy (non-hydrogen) atoms. The van der Waals surface area contributed by atoms with E-state index in [0.29, 0.717) is 0 Å². The number of anilines is 3. The zero-order valence-corrected chi connectivity index (χ0v) is 31.7. The normalized spacial score (nSPS) is 11.4. The molecule has 0 aliphatic rings. The van der Waals surface area contributed by atoms with Crippen LogP contribution < -0.4 is 4.90 Å². The van der Waals surface area contributed by atoms with Crippen molar-refractivity contribution in [2.75, 3.05) is 4.90 Å². The van der Waals surface area contributed by atoms with Gasteiger partial charge in [-0.25, -0.2) is 0 Å². The highest BCUT2D eigenvalue weighted by Gasteiger charge is 2.23. The molecule has 0 unspecified atom stereocenters. The van der Waals surface area contributed by atoms with Crippen molar-refractivity contribution in [2.24, 2.45) is 0 Å². The lowest BCUT2D eigenvalue weighted by molar-refractivity contribution is 0.670. The summed E-state index contributed by atoms with van der Waals surface area (Å²) in [5.74, 6) is 0. The van der Waals surface area contributed by atoms with Gasteiger partial charge in [0.1, 0.15) is 11.2 Å². The Morgan fingerprint density at radius 1 is 0.293 bits per heavy atom. The van der Waals surface area contributed by atoms with Gasteiger partial charge in [-0.3, -0.25) is 0 Å². The van der Waals surface area contributed by atoms with Crippen molar-refractivity contribution in [1.82, 2.24) is 0 Å². The molecule has 0 N–H and O–H groups in total. The maximum Gasteiger partial charge on any atom is 0.143 e. The Hall–Kier alpha value is -7.68. The van der Waals surface area contributed by atoms with Crippen LogP contribution in [0, 0.1) is 0 Å². The van der Waals surface area contributed by atoms with Crippen LogP contribution in [0.4, 0.5) is 17.1 Å². The summed E-state index contributed by atoms with van der Waals surface area (Å²) in [5, 5.41) is 7.15. The first-order valence-corrected chi connectivity index (χ1v) is 19.8. The smallest absolute Gasteiger partial charge is 0.143 e. The number of fused-ring (bicyclic) bond motifs is 5. The molecule has 0 saturated carbocycles. The van der Waals surface area contributed by atoms with Gasteiger partial charge in [-0.2, -0.15) is 0 Å². The summed E-state index contributed by atoms with van der Waals surface area (Å²) in [4.78, 5) is 2.44. The topological polar surface area (TPSA) is 16.4 Å². The van der Waals surface area contributed by atoms with E-state index >= 15 is 0 Å². The van der Waals surface area contributed by atoms with Crippen LogP contribution >= 0.6 is 0 Å². The van der Waals surface area contributed by atoms with Gasteiger partial charge < -0.3 is 9.32 Å². The van der Waals surface area contributed by atoms with Gasteiger partial charge in [0.05, 0.1) is 11.4 Å². The summed E-state index contributed by atoms with van der Waals surface area (Å²) >= 11 is 0. The van der Waals surface area contributed by atoms with E-state index in [2.05, 4.69) is 223 Å². The highest BCUT2D eigenvalue weighted by molar-refractivity contribution is 6.11. The zero-order valence-electron chi connectivity index (χ0n) is 31.7. The summed E-state index contributed by atoms with van der Waals surface area (Å²) in [5.41, 5.74) is 14.1. The lowest BCUT2D eigenvalue weighted by Gasteiger charge is -2.30. The second-order valence-corrected chi connectivity index (χ2v) is 14.9. The number of hydrogen-bond acceptors (Lipinski definition) is 2. The van der Waals surface area contributed by atoms with Crippen molar-refractivity contribution in [3.63, 3.8) is 0 Å². The molecule has 2 heteroatoms. The Kier molecular flexibility index (Phi) is 8.19. The first-order chi connectivity index (χ1) is 28.7. The maximum absolute atomic E-state index is 6.67. The first kappa shape index (κ1) is 33.6. The molecular formula is C56H37NO. The van der Waals surface area contributed by atoms with Gasteiger partial charge in [0.2, 0.25) is 0 Å². The van der Waals surface area contributed by atoms with Crippen molar-refractivity contribution in [2.45, 2.75) is 0 Å². The standard InChI is InChI=1S/C56H37NO/c1-2-15-41(16-3-1)48-34-31-46(45-28-26-39-14-5-7-18-43(39)36-45)37-54(48)57(47-32-29-40(30-33-47)44-27-25-38-13-4-6-17-42(38)35-44)53-23-10-8-19-49(53)51-21-12-22-52-50-20-9-11-24-55(50)58-56(51)52/h1-37H. The summed E-state index contributed by atoms with van der Waals surface area (Å²) in [7, 11) is 0. The second-order valence-electron chi connectivity index (χ2n) is 14.9. The molecule has 0 spiro atoms. The van der Waals surface area contributed by atoms with E-state index < -0.39 is 0 Å². The minimum absolute atomic E-state index is 0.885. The van der Waals surface area contributed by atoms with Crippen LogP contribution in [0.3, 0.4) is 0 Å². The number of furan rings is 1. The fourth-order valence-electron chi connectivity index (χ4n) is 8.56. The third-order valence-electron chi connectivity index (χ3n) is 11.5. The average Bonchev–Trinajstić information content (AvgIpc) is 3.69. The summed E-state index contributed by atoms with van der Waals surface area (Å²) < 4.78 is 6.67. The van der Waals surface area contributed by atoms with E-state index in [4.69, 9.17) is 4.42 Å². The average molecular weight is 740 g/mol. The number of hydrogen-bond donors (Lipinski definition) is 0. The first-order valence-electron chi connectivity index (χ1n) is 19.8. The van der Waals surface area contributed by atoms with Crippen LogP contribution in [0.5, 0.6) is 0 Å². The van der Waals surface area contributed by atoms with Crippen molar-refractivity contribution in [1.29, 1.82) is 0 Å². The van der Waals surface area contributed by atoms with E-state index in [1.165, 1.54) is 38.2 Å².